The van der Waals surface area contributed by atoms with Gasteiger partial charge in [0.1, 0.15) is 5.52 Å². The van der Waals surface area contributed by atoms with Gasteiger partial charge in [0.15, 0.2) is 0 Å². The van der Waals surface area contributed by atoms with Crippen molar-refractivity contribution in [3.63, 3.8) is 0 Å². The summed E-state index contributed by atoms with van der Waals surface area (Å²) in [6.07, 6.45) is 0. The summed E-state index contributed by atoms with van der Waals surface area (Å²) in [7, 11) is 0. The molecule has 0 fully saturated rings. The number of para-hydroxylation sites is 1. The van der Waals surface area contributed by atoms with Gasteiger partial charge in [0.05, 0.1) is 11.4 Å². The van der Waals surface area contributed by atoms with E-state index in [0.717, 1.165) is 11.0 Å². The second kappa shape index (κ2) is 5.60. The molecule has 0 aliphatic rings. The van der Waals surface area contributed by atoms with E-state index in [1.165, 1.54) is 0 Å². The molecule has 100 valence electrons. The molecule has 2 rings (SSSR count). The summed E-state index contributed by atoms with van der Waals surface area (Å²) in [5.41, 5.74) is 1.49. The van der Waals surface area contributed by atoms with Crippen molar-refractivity contribution < 1.29 is 9.90 Å². The second-order valence-corrected chi connectivity index (χ2v) is 4.38. The van der Waals surface area contributed by atoms with E-state index in [1.54, 1.807) is 6.92 Å². The highest BCUT2D eigenvalue weighted by Crippen LogP contribution is 2.13. The predicted octanol–water partition coefficient (Wildman–Crippen LogP) is 1.57. The molecule has 0 spiro atoms. The van der Waals surface area contributed by atoms with Gasteiger partial charge < -0.3 is 10.0 Å². The van der Waals surface area contributed by atoms with Gasteiger partial charge in [0.2, 0.25) is 5.95 Å². The van der Waals surface area contributed by atoms with Crippen molar-refractivity contribution in [2.45, 2.75) is 13.8 Å². The fraction of sp³-hybridized carbons (Fsp3) is 0.385. The third-order valence-corrected chi connectivity index (χ3v) is 2.93. The summed E-state index contributed by atoms with van der Waals surface area (Å²) in [5.74, 6) is -0.837. The maximum atomic E-state index is 10.9. The summed E-state index contributed by atoms with van der Waals surface area (Å²) >= 11 is 0. The van der Waals surface area contributed by atoms with Gasteiger partial charge in [-0.15, -0.1) is 10.2 Å². The quantitative estimate of drug-likeness (QED) is 0.879. The van der Waals surface area contributed by atoms with Gasteiger partial charge >= 0.3 is 5.97 Å². The molecule has 0 aliphatic heterocycles. The predicted molar refractivity (Wildman–Crippen MR) is 72.0 cm³/mol. The lowest BCUT2D eigenvalue weighted by atomic mass is 10.2. The number of fused-ring (bicyclic) bond motifs is 1. The number of carbonyl (C=O) groups is 1. The highest BCUT2D eigenvalue weighted by Gasteiger charge is 2.17. The maximum absolute atomic E-state index is 10.9. The molecular formula is C13H16N4O2. The molecule has 0 radical (unpaired) electrons. The van der Waals surface area contributed by atoms with Crippen molar-refractivity contribution in [2.75, 3.05) is 18.0 Å². The number of nitrogens with zero attached hydrogens (tertiary/aromatic N) is 4. The highest BCUT2D eigenvalue weighted by atomic mass is 16.4. The minimum atomic E-state index is -0.827. The van der Waals surface area contributed by atoms with E-state index in [1.807, 2.05) is 36.1 Å². The molecule has 0 saturated heterocycles. The van der Waals surface area contributed by atoms with Crippen molar-refractivity contribution in [2.24, 2.45) is 5.92 Å². The average molecular weight is 260 g/mol. The zero-order valence-corrected chi connectivity index (χ0v) is 10.9. The van der Waals surface area contributed by atoms with E-state index in [4.69, 9.17) is 5.11 Å². The third-order valence-electron chi connectivity index (χ3n) is 2.93. The molecule has 19 heavy (non-hydrogen) atoms. The van der Waals surface area contributed by atoms with E-state index >= 15 is 0 Å². The Hall–Kier alpha value is -2.24. The van der Waals surface area contributed by atoms with Gasteiger partial charge in [-0.3, -0.25) is 4.79 Å². The molecule has 0 aliphatic carbocycles. The first-order valence-corrected chi connectivity index (χ1v) is 6.19. The number of anilines is 1. The molecule has 1 aromatic heterocycles. The van der Waals surface area contributed by atoms with E-state index in [9.17, 15) is 4.79 Å². The molecular weight excluding hydrogens is 244 g/mol. The monoisotopic (exact) mass is 260 g/mol. The van der Waals surface area contributed by atoms with Gasteiger partial charge in [0, 0.05) is 13.1 Å². The zero-order valence-electron chi connectivity index (χ0n) is 10.9. The molecule has 1 aromatic carbocycles. The molecule has 6 nitrogen and oxygen atoms in total. The van der Waals surface area contributed by atoms with E-state index in [0.29, 0.717) is 19.0 Å². The maximum Gasteiger partial charge on any atom is 0.308 e. The Morgan fingerprint density at radius 2 is 2.00 bits per heavy atom. The molecule has 1 N–H and O–H groups in total. The SMILES string of the molecule is CCN(CC(C)C(=O)O)c1nnc2ccccc2n1. The number of aromatic nitrogens is 3. The van der Waals surface area contributed by atoms with Crippen LogP contribution in [0.25, 0.3) is 11.0 Å². The first-order valence-electron chi connectivity index (χ1n) is 6.19. The van der Waals surface area contributed by atoms with Gasteiger partial charge in [-0.05, 0) is 19.1 Å². The first kappa shape index (κ1) is 13.2. The second-order valence-electron chi connectivity index (χ2n) is 4.38. The molecule has 1 unspecified atom stereocenters. The Morgan fingerprint density at radius 3 is 2.63 bits per heavy atom. The van der Waals surface area contributed by atoms with Crippen molar-refractivity contribution in [1.82, 2.24) is 15.2 Å². The summed E-state index contributed by atoms with van der Waals surface area (Å²) in [4.78, 5) is 17.1. The standard InChI is InChI=1S/C13H16N4O2/c1-3-17(8-9(2)12(18)19)13-14-10-6-4-5-7-11(10)15-16-13/h4-7,9H,3,8H2,1-2H3,(H,18,19). The van der Waals surface area contributed by atoms with Crippen LogP contribution in [-0.2, 0) is 4.79 Å². The van der Waals surface area contributed by atoms with Crippen molar-refractivity contribution >= 4 is 23.0 Å². The van der Waals surface area contributed by atoms with E-state index in [-0.39, 0.29) is 0 Å². The van der Waals surface area contributed by atoms with Gasteiger partial charge in [-0.1, -0.05) is 19.1 Å². The van der Waals surface area contributed by atoms with Gasteiger partial charge in [-0.25, -0.2) is 4.98 Å². The lowest BCUT2D eigenvalue weighted by molar-refractivity contribution is -0.140. The summed E-state index contributed by atoms with van der Waals surface area (Å²) in [6.45, 7) is 4.61. The number of carboxylic acids is 1. The molecule has 0 saturated carbocycles. The Labute approximate surface area is 111 Å². The minimum Gasteiger partial charge on any atom is -0.481 e. The topological polar surface area (TPSA) is 79.2 Å². The fourth-order valence-corrected chi connectivity index (χ4v) is 1.77. The van der Waals surface area contributed by atoms with Crippen LogP contribution in [0.15, 0.2) is 24.3 Å². The Kier molecular flexibility index (Phi) is 3.89. The van der Waals surface area contributed by atoms with E-state index in [2.05, 4.69) is 15.2 Å². The summed E-state index contributed by atoms with van der Waals surface area (Å²) in [5, 5.41) is 17.1. The van der Waals surface area contributed by atoms with Crippen LogP contribution in [-0.4, -0.2) is 39.3 Å². The average Bonchev–Trinajstić information content (AvgIpc) is 2.43. The number of carboxylic acid groups (broad SMARTS) is 1. The van der Waals surface area contributed by atoms with Crippen LogP contribution in [0.3, 0.4) is 0 Å². The van der Waals surface area contributed by atoms with Crippen LogP contribution >= 0.6 is 0 Å². The largest absolute Gasteiger partial charge is 0.481 e. The summed E-state index contributed by atoms with van der Waals surface area (Å²) in [6, 6.07) is 7.47. The number of hydrogen-bond acceptors (Lipinski definition) is 5. The van der Waals surface area contributed by atoms with Crippen LogP contribution in [0.4, 0.5) is 5.95 Å². The molecule has 0 amide bonds. The number of benzene rings is 1. The lowest BCUT2D eigenvalue weighted by Crippen LogP contribution is -2.33. The van der Waals surface area contributed by atoms with Crippen LogP contribution in [0.2, 0.25) is 0 Å². The van der Waals surface area contributed by atoms with Crippen LogP contribution in [0.1, 0.15) is 13.8 Å². The summed E-state index contributed by atoms with van der Waals surface area (Å²) < 4.78 is 0. The van der Waals surface area contributed by atoms with Crippen molar-refractivity contribution in [1.29, 1.82) is 0 Å². The Morgan fingerprint density at radius 1 is 1.32 bits per heavy atom. The van der Waals surface area contributed by atoms with Gasteiger partial charge in [-0.2, -0.15) is 0 Å². The number of aliphatic carboxylic acids is 1. The Bertz CT molecular complexity index is 588. The van der Waals surface area contributed by atoms with Crippen molar-refractivity contribution in [3.8, 4) is 0 Å². The van der Waals surface area contributed by atoms with Crippen LogP contribution < -0.4 is 4.90 Å². The minimum absolute atomic E-state index is 0.367. The number of hydrogen-bond donors (Lipinski definition) is 1. The van der Waals surface area contributed by atoms with Crippen molar-refractivity contribution in [3.05, 3.63) is 24.3 Å². The zero-order chi connectivity index (χ0) is 13.8. The number of rotatable bonds is 5. The highest BCUT2D eigenvalue weighted by molar-refractivity contribution is 5.74. The van der Waals surface area contributed by atoms with Crippen LogP contribution in [0.5, 0.6) is 0 Å². The molecule has 0 bridgehead atoms. The normalized spacial score (nSPS) is 12.3. The lowest BCUT2D eigenvalue weighted by Gasteiger charge is -2.22. The Balaban J connectivity index is 2.27. The van der Waals surface area contributed by atoms with Gasteiger partial charge in [0.25, 0.3) is 0 Å². The smallest absolute Gasteiger partial charge is 0.308 e. The molecule has 1 heterocycles. The van der Waals surface area contributed by atoms with Crippen LogP contribution in [0, 0.1) is 5.92 Å². The molecule has 6 heteroatoms. The molecule has 1 atom stereocenters. The molecule has 2 aromatic rings. The fourth-order valence-electron chi connectivity index (χ4n) is 1.77. The third kappa shape index (κ3) is 2.96. The first-order chi connectivity index (χ1) is 9.11. The van der Waals surface area contributed by atoms with E-state index < -0.39 is 11.9 Å².